The number of carbonyl (C=O) groups excluding carboxylic acids is 2. The number of ketones is 1. The summed E-state index contributed by atoms with van der Waals surface area (Å²) in [5.74, 6) is -0.889. The molecule has 0 saturated heterocycles. The number of benzene rings is 1. The van der Waals surface area contributed by atoms with E-state index >= 15 is 0 Å². The van der Waals surface area contributed by atoms with Crippen molar-refractivity contribution in [2.75, 3.05) is 11.8 Å². The molecule has 1 aromatic heterocycles. The first-order valence-electron chi connectivity index (χ1n) is 6.15. The molecule has 0 spiro atoms. The van der Waals surface area contributed by atoms with Crippen molar-refractivity contribution >= 4 is 38.8 Å². The smallest absolute Gasteiger partial charge is 0.349 e. The van der Waals surface area contributed by atoms with Crippen LogP contribution in [0.1, 0.15) is 27.0 Å². The normalized spacial score (nSPS) is 11.0. The molecule has 22 heavy (non-hydrogen) atoms. The number of methoxy groups -OCH3 is 1. The fourth-order valence-electron chi connectivity index (χ4n) is 1.76. The number of rotatable bonds is 5. The zero-order valence-corrected chi connectivity index (χ0v) is 13.5. The van der Waals surface area contributed by atoms with Crippen LogP contribution in [0.15, 0.2) is 40.6 Å². The highest BCUT2D eigenvalue weighted by Crippen LogP contribution is 2.25. The summed E-state index contributed by atoms with van der Waals surface area (Å²) in [7, 11) is -2.77. The van der Waals surface area contributed by atoms with Gasteiger partial charge in [0.1, 0.15) is 9.77 Å². The lowest BCUT2D eigenvalue weighted by molar-refractivity contribution is 0.0602. The standard InChI is InChI=1S/C14H13NO5S2/c1-9(16)10-4-3-5-11(8-10)15-22(18,19)12-6-7-21-13(12)14(17)20-2/h3-8,15H,1-2H3. The molecule has 0 aliphatic rings. The highest BCUT2D eigenvalue weighted by atomic mass is 32.2. The molecule has 0 bridgehead atoms. The maximum absolute atomic E-state index is 12.4. The summed E-state index contributed by atoms with van der Waals surface area (Å²) in [6, 6.07) is 7.44. The topological polar surface area (TPSA) is 89.5 Å². The number of Topliss-reactive ketones (excluding diaryl/α,β-unsaturated/α-hetero) is 1. The van der Waals surface area contributed by atoms with E-state index in [2.05, 4.69) is 9.46 Å². The SMILES string of the molecule is COC(=O)c1sccc1S(=O)(=O)Nc1cccc(C(C)=O)c1. The van der Waals surface area contributed by atoms with Gasteiger partial charge in [-0.25, -0.2) is 13.2 Å². The quantitative estimate of drug-likeness (QED) is 0.668. The van der Waals surface area contributed by atoms with Crippen LogP contribution < -0.4 is 4.72 Å². The molecular weight excluding hydrogens is 326 g/mol. The number of hydrogen-bond donors (Lipinski definition) is 1. The van der Waals surface area contributed by atoms with Crippen LogP contribution in [-0.4, -0.2) is 27.3 Å². The van der Waals surface area contributed by atoms with E-state index in [1.807, 2.05) is 0 Å². The van der Waals surface area contributed by atoms with Crippen molar-refractivity contribution in [1.29, 1.82) is 0 Å². The maximum atomic E-state index is 12.4. The van der Waals surface area contributed by atoms with Gasteiger partial charge in [0.05, 0.1) is 7.11 Å². The first kappa shape index (κ1) is 16.2. The van der Waals surface area contributed by atoms with Gasteiger partial charge in [-0.3, -0.25) is 9.52 Å². The van der Waals surface area contributed by atoms with Gasteiger partial charge in [0.25, 0.3) is 10.0 Å². The number of esters is 1. The number of carbonyl (C=O) groups is 2. The molecule has 1 aromatic carbocycles. The molecule has 0 atom stereocenters. The summed E-state index contributed by atoms with van der Waals surface area (Å²) in [6.45, 7) is 1.39. The van der Waals surface area contributed by atoms with Crippen LogP contribution >= 0.6 is 11.3 Å². The predicted octanol–water partition coefficient (Wildman–Crippen LogP) is 2.54. The van der Waals surface area contributed by atoms with Gasteiger partial charge in [-0.05, 0) is 30.5 Å². The van der Waals surface area contributed by atoms with Crippen LogP contribution in [0.4, 0.5) is 5.69 Å². The van der Waals surface area contributed by atoms with Gasteiger partial charge in [-0.2, -0.15) is 0 Å². The Morgan fingerprint density at radius 2 is 1.95 bits per heavy atom. The lowest BCUT2D eigenvalue weighted by Gasteiger charge is -2.09. The molecule has 0 aliphatic carbocycles. The number of hydrogen-bond acceptors (Lipinski definition) is 6. The van der Waals surface area contributed by atoms with Gasteiger partial charge >= 0.3 is 5.97 Å². The Balaban J connectivity index is 2.37. The molecule has 116 valence electrons. The average Bonchev–Trinajstić information content (AvgIpc) is 2.96. The molecule has 8 heteroatoms. The molecule has 6 nitrogen and oxygen atoms in total. The molecular formula is C14H13NO5S2. The van der Waals surface area contributed by atoms with Gasteiger partial charge < -0.3 is 4.74 Å². The molecule has 0 saturated carbocycles. The Kier molecular flexibility index (Phi) is 4.62. The van der Waals surface area contributed by atoms with E-state index in [4.69, 9.17) is 0 Å². The Labute approximate surface area is 131 Å². The molecule has 0 radical (unpaired) electrons. The second-order valence-electron chi connectivity index (χ2n) is 4.35. The van der Waals surface area contributed by atoms with Crippen LogP contribution in [0, 0.1) is 0 Å². The Morgan fingerprint density at radius 1 is 1.23 bits per heavy atom. The van der Waals surface area contributed by atoms with E-state index in [1.54, 1.807) is 12.1 Å². The van der Waals surface area contributed by atoms with E-state index in [0.29, 0.717) is 5.56 Å². The van der Waals surface area contributed by atoms with Gasteiger partial charge in [-0.15, -0.1) is 11.3 Å². The number of nitrogens with one attached hydrogen (secondary N) is 1. The molecule has 1 heterocycles. The van der Waals surface area contributed by atoms with E-state index in [0.717, 1.165) is 11.3 Å². The van der Waals surface area contributed by atoms with Crippen LogP contribution in [0.5, 0.6) is 0 Å². The molecule has 2 aromatic rings. The molecule has 1 N–H and O–H groups in total. The highest BCUT2D eigenvalue weighted by Gasteiger charge is 2.24. The zero-order valence-electron chi connectivity index (χ0n) is 11.8. The summed E-state index contributed by atoms with van der Waals surface area (Å²) < 4.78 is 31.7. The molecule has 0 fully saturated rings. The van der Waals surface area contributed by atoms with Crippen LogP contribution in [0.25, 0.3) is 0 Å². The minimum absolute atomic E-state index is 0.00211. The minimum atomic E-state index is -3.95. The van der Waals surface area contributed by atoms with Crippen molar-refractivity contribution in [3.63, 3.8) is 0 Å². The van der Waals surface area contributed by atoms with Crippen molar-refractivity contribution in [1.82, 2.24) is 0 Å². The zero-order chi connectivity index (χ0) is 16.3. The first-order valence-corrected chi connectivity index (χ1v) is 8.51. The number of ether oxygens (including phenoxy) is 1. The summed E-state index contributed by atoms with van der Waals surface area (Å²) >= 11 is 0.980. The largest absolute Gasteiger partial charge is 0.465 e. The van der Waals surface area contributed by atoms with E-state index in [9.17, 15) is 18.0 Å². The van der Waals surface area contributed by atoms with Gasteiger partial charge in [0, 0.05) is 11.3 Å². The third-order valence-electron chi connectivity index (χ3n) is 2.81. The van der Waals surface area contributed by atoms with Gasteiger partial charge in [0.15, 0.2) is 5.78 Å². The first-order chi connectivity index (χ1) is 10.3. The van der Waals surface area contributed by atoms with Crippen LogP contribution in [0.2, 0.25) is 0 Å². The van der Waals surface area contributed by atoms with Crippen molar-refractivity contribution in [3.05, 3.63) is 46.2 Å². The van der Waals surface area contributed by atoms with Gasteiger partial charge in [0.2, 0.25) is 0 Å². The van der Waals surface area contributed by atoms with Crippen LogP contribution in [0.3, 0.4) is 0 Å². The summed E-state index contributed by atoms with van der Waals surface area (Å²) in [5.41, 5.74) is 0.633. The maximum Gasteiger partial charge on any atom is 0.349 e. The Morgan fingerprint density at radius 3 is 2.59 bits per heavy atom. The average molecular weight is 339 g/mol. The lowest BCUT2D eigenvalue weighted by Crippen LogP contribution is -2.16. The monoisotopic (exact) mass is 339 g/mol. The summed E-state index contributed by atoms with van der Waals surface area (Å²) in [4.78, 5) is 22.8. The number of anilines is 1. The molecule has 0 amide bonds. The van der Waals surface area contributed by atoms with Crippen molar-refractivity contribution in [2.24, 2.45) is 0 Å². The van der Waals surface area contributed by atoms with Crippen molar-refractivity contribution in [3.8, 4) is 0 Å². The Bertz CT molecular complexity index is 823. The van der Waals surface area contributed by atoms with Gasteiger partial charge in [-0.1, -0.05) is 12.1 Å². The van der Waals surface area contributed by atoms with Crippen molar-refractivity contribution < 1.29 is 22.7 Å². The predicted molar refractivity (Wildman–Crippen MR) is 82.9 cm³/mol. The summed E-state index contributed by atoms with van der Waals surface area (Å²) in [5, 5.41) is 1.49. The van der Waals surface area contributed by atoms with E-state index < -0.39 is 16.0 Å². The molecule has 0 unspecified atom stereocenters. The molecule has 0 aliphatic heterocycles. The fourth-order valence-corrected chi connectivity index (χ4v) is 4.15. The fraction of sp³-hybridized carbons (Fsp3) is 0.143. The van der Waals surface area contributed by atoms with Crippen molar-refractivity contribution in [2.45, 2.75) is 11.8 Å². The Hall–Kier alpha value is -2.19. The van der Waals surface area contributed by atoms with E-state index in [1.165, 1.54) is 37.6 Å². The second kappa shape index (κ2) is 6.29. The minimum Gasteiger partial charge on any atom is -0.465 e. The number of thiophene rings is 1. The highest BCUT2D eigenvalue weighted by molar-refractivity contribution is 7.93. The third-order valence-corrected chi connectivity index (χ3v) is 5.26. The number of sulfonamides is 1. The second-order valence-corrected chi connectivity index (χ2v) is 6.91. The van der Waals surface area contributed by atoms with E-state index in [-0.39, 0.29) is 21.2 Å². The van der Waals surface area contributed by atoms with Crippen LogP contribution in [-0.2, 0) is 14.8 Å². The third kappa shape index (κ3) is 3.34. The summed E-state index contributed by atoms with van der Waals surface area (Å²) in [6.07, 6.45) is 0. The molecule has 2 rings (SSSR count). The lowest BCUT2D eigenvalue weighted by atomic mass is 10.1.